The van der Waals surface area contributed by atoms with E-state index in [1.165, 1.54) is 5.69 Å². The van der Waals surface area contributed by atoms with E-state index >= 15 is 0 Å². The van der Waals surface area contributed by atoms with Gasteiger partial charge in [0.05, 0.1) is 6.54 Å². The summed E-state index contributed by atoms with van der Waals surface area (Å²) in [5, 5.41) is 6.03. The number of carbonyl (C=O) groups excluding carboxylic acids is 1. The lowest BCUT2D eigenvalue weighted by Crippen LogP contribution is -2.30. The van der Waals surface area contributed by atoms with E-state index in [9.17, 15) is 4.79 Å². The summed E-state index contributed by atoms with van der Waals surface area (Å²) in [6.07, 6.45) is 0. The molecule has 0 aliphatic carbocycles. The van der Waals surface area contributed by atoms with Gasteiger partial charge >= 0.3 is 0 Å². The van der Waals surface area contributed by atoms with Gasteiger partial charge in [0, 0.05) is 24.5 Å². The van der Waals surface area contributed by atoms with Crippen molar-refractivity contribution < 1.29 is 4.79 Å². The molecule has 0 saturated heterocycles. The number of nitrogens with zero attached hydrogens (tertiary/aromatic N) is 1. The van der Waals surface area contributed by atoms with Gasteiger partial charge in [-0.05, 0) is 50.6 Å². The van der Waals surface area contributed by atoms with Crippen molar-refractivity contribution in [3.8, 4) is 0 Å². The van der Waals surface area contributed by atoms with Crippen molar-refractivity contribution in [1.29, 1.82) is 0 Å². The molecule has 4 nitrogen and oxygen atoms in total. The summed E-state index contributed by atoms with van der Waals surface area (Å²) in [4.78, 5) is 14.0. The number of rotatable bonds is 8. The average molecular weight is 277 g/mol. The van der Waals surface area contributed by atoms with Crippen LogP contribution in [0.3, 0.4) is 0 Å². The Morgan fingerprint density at radius 2 is 1.75 bits per heavy atom. The Bertz CT molecular complexity index is 397. The minimum absolute atomic E-state index is 0.00115. The summed E-state index contributed by atoms with van der Waals surface area (Å²) < 4.78 is 0. The minimum atomic E-state index is 0.00115. The SMILES string of the molecule is CCN(CC)c1ccc(NC(=O)CNCC(C)C)cc1. The lowest BCUT2D eigenvalue weighted by molar-refractivity contribution is -0.115. The topological polar surface area (TPSA) is 44.4 Å². The first-order valence-corrected chi connectivity index (χ1v) is 7.42. The van der Waals surface area contributed by atoms with Gasteiger partial charge in [0.2, 0.25) is 5.91 Å². The Morgan fingerprint density at radius 1 is 1.15 bits per heavy atom. The Labute approximate surface area is 122 Å². The van der Waals surface area contributed by atoms with E-state index in [2.05, 4.69) is 43.2 Å². The third-order valence-electron chi connectivity index (χ3n) is 3.12. The maximum absolute atomic E-state index is 11.7. The number of amides is 1. The quantitative estimate of drug-likeness (QED) is 0.768. The molecule has 2 N–H and O–H groups in total. The van der Waals surface area contributed by atoms with E-state index in [-0.39, 0.29) is 5.91 Å². The van der Waals surface area contributed by atoms with Crippen LogP contribution in [0.15, 0.2) is 24.3 Å². The molecule has 1 aromatic rings. The smallest absolute Gasteiger partial charge is 0.238 e. The Kier molecular flexibility index (Phi) is 7.09. The van der Waals surface area contributed by atoms with Crippen molar-refractivity contribution in [1.82, 2.24) is 5.32 Å². The first-order valence-electron chi connectivity index (χ1n) is 7.42. The van der Waals surface area contributed by atoms with Crippen LogP contribution in [0.1, 0.15) is 27.7 Å². The molecule has 1 aromatic carbocycles. The Morgan fingerprint density at radius 3 is 2.25 bits per heavy atom. The van der Waals surface area contributed by atoms with Gasteiger partial charge in [-0.2, -0.15) is 0 Å². The van der Waals surface area contributed by atoms with Crippen LogP contribution in [0.2, 0.25) is 0 Å². The van der Waals surface area contributed by atoms with E-state index in [0.717, 1.165) is 25.3 Å². The second-order valence-electron chi connectivity index (χ2n) is 5.29. The number of benzene rings is 1. The van der Waals surface area contributed by atoms with Crippen molar-refractivity contribution in [2.24, 2.45) is 5.92 Å². The predicted octanol–water partition coefficient (Wildman–Crippen LogP) is 2.72. The van der Waals surface area contributed by atoms with Gasteiger partial charge in [-0.15, -0.1) is 0 Å². The van der Waals surface area contributed by atoms with Crippen LogP contribution < -0.4 is 15.5 Å². The fourth-order valence-corrected chi connectivity index (χ4v) is 2.02. The molecule has 0 aliphatic rings. The molecule has 0 unspecified atom stereocenters. The van der Waals surface area contributed by atoms with Gasteiger partial charge < -0.3 is 15.5 Å². The zero-order valence-electron chi connectivity index (χ0n) is 13.1. The molecule has 0 aliphatic heterocycles. The maximum atomic E-state index is 11.7. The van der Waals surface area contributed by atoms with Crippen LogP contribution in [0.25, 0.3) is 0 Å². The lowest BCUT2D eigenvalue weighted by Gasteiger charge is -2.21. The molecule has 0 radical (unpaired) electrons. The molecule has 0 saturated carbocycles. The summed E-state index contributed by atoms with van der Waals surface area (Å²) in [6.45, 7) is 11.7. The second kappa shape index (κ2) is 8.59. The van der Waals surface area contributed by atoms with Crippen LogP contribution in [-0.4, -0.2) is 32.1 Å². The molecule has 1 rings (SSSR count). The highest BCUT2D eigenvalue weighted by Gasteiger charge is 2.04. The largest absolute Gasteiger partial charge is 0.372 e. The third-order valence-corrected chi connectivity index (χ3v) is 3.12. The first kappa shape index (κ1) is 16.5. The predicted molar refractivity (Wildman–Crippen MR) is 86.3 cm³/mol. The van der Waals surface area contributed by atoms with Crippen molar-refractivity contribution in [3.05, 3.63) is 24.3 Å². The molecule has 1 amide bonds. The monoisotopic (exact) mass is 277 g/mol. The zero-order valence-corrected chi connectivity index (χ0v) is 13.1. The maximum Gasteiger partial charge on any atom is 0.238 e. The fraction of sp³-hybridized carbons (Fsp3) is 0.562. The molecule has 20 heavy (non-hydrogen) atoms. The van der Waals surface area contributed by atoms with E-state index in [1.54, 1.807) is 0 Å². The summed E-state index contributed by atoms with van der Waals surface area (Å²) >= 11 is 0. The Hall–Kier alpha value is -1.55. The number of hydrogen-bond acceptors (Lipinski definition) is 3. The summed E-state index contributed by atoms with van der Waals surface area (Å²) in [5.41, 5.74) is 2.03. The number of hydrogen-bond donors (Lipinski definition) is 2. The van der Waals surface area contributed by atoms with Gasteiger partial charge in [0.15, 0.2) is 0 Å². The van der Waals surface area contributed by atoms with Crippen LogP contribution in [0.4, 0.5) is 11.4 Å². The van der Waals surface area contributed by atoms with Crippen LogP contribution in [0.5, 0.6) is 0 Å². The van der Waals surface area contributed by atoms with E-state index in [1.807, 2.05) is 24.3 Å². The van der Waals surface area contributed by atoms with Crippen molar-refractivity contribution >= 4 is 17.3 Å². The van der Waals surface area contributed by atoms with Crippen molar-refractivity contribution in [3.63, 3.8) is 0 Å². The molecule has 0 atom stereocenters. The fourth-order valence-electron chi connectivity index (χ4n) is 2.02. The summed E-state index contributed by atoms with van der Waals surface area (Å²) in [7, 11) is 0. The summed E-state index contributed by atoms with van der Waals surface area (Å²) in [6, 6.07) is 8.00. The molecular weight excluding hydrogens is 250 g/mol. The lowest BCUT2D eigenvalue weighted by atomic mass is 10.2. The third kappa shape index (κ3) is 5.61. The van der Waals surface area contributed by atoms with Gasteiger partial charge in [0.1, 0.15) is 0 Å². The van der Waals surface area contributed by atoms with E-state index < -0.39 is 0 Å². The van der Waals surface area contributed by atoms with Gasteiger partial charge in [0.25, 0.3) is 0 Å². The van der Waals surface area contributed by atoms with E-state index in [0.29, 0.717) is 12.5 Å². The van der Waals surface area contributed by atoms with Crippen molar-refractivity contribution in [2.75, 3.05) is 36.4 Å². The molecule has 0 fully saturated rings. The van der Waals surface area contributed by atoms with Gasteiger partial charge in [-0.1, -0.05) is 13.8 Å². The molecule has 0 heterocycles. The number of nitrogens with one attached hydrogen (secondary N) is 2. The minimum Gasteiger partial charge on any atom is -0.372 e. The zero-order chi connectivity index (χ0) is 15.0. The van der Waals surface area contributed by atoms with Crippen molar-refractivity contribution in [2.45, 2.75) is 27.7 Å². The molecule has 112 valence electrons. The molecule has 4 heteroatoms. The first-order chi connectivity index (χ1) is 9.56. The molecule has 0 spiro atoms. The van der Waals surface area contributed by atoms with Gasteiger partial charge in [-0.25, -0.2) is 0 Å². The molecular formula is C16H27N3O. The highest BCUT2D eigenvalue weighted by atomic mass is 16.1. The number of anilines is 2. The average Bonchev–Trinajstić information content (AvgIpc) is 2.41. The second-order valence-corrected chi connectivity index (χ2v) is 5.29. The Balaban J connectivity index is 2.46. The van der Waals surface area contributed by atoms with Gasteiger partial charge in [-0.3, -0.25) is 4.79 Å². The summed E-state index contributed by atoms with van der Waals surface area (Å²) in [5.74, 6) is 0.553. The van der Waals surface area contributed by atoms with Crippen LogP contribution in [-0.2, 0) is 4.79 Å². The molecule has 0 aromatic heterocycles. The van der Waals surface area contributed by atoms with E-state index in [4.69, 9.17) is 0 Å². The molecule has 0 bridgehead atoms. The van der Waals surface area contributed by atoms with Crippen LogP contribution in [0, 0.1) is 5.92 Å². The number of carbonyl (C=O) groups is 1. The highest BCUT2D eigenvalue weighted by Crippen LogP contribution is 2.17. The highest BCUT2D eigenvalue weighted by molar-refractivity contribution is 5.92. The standard InChI is InChI=1S/C16H27N3O/c1-5-19(6-2)15-9-7-14(8-10-15)18-16(20)12-17-11-13(3)4/h7-10,13,17H,5-6,11-12H2,1-4H3,(H,18,20). The normalized spacial score (nSPS) is 10.7. The van der Waals surface area contributed by atoms with Crippen LogP contribution >= 0.6 is 0 Å².